The van der Waals surface area contributed by atoms with Gasteiger partial charge in [-0.1, -0.05) is 0 Å². The van der Waals surface area contributed by atoms with E-state index in [4.69, 9.17) is 10.2 Å². The maximum Gasteiger partial charge on any atom is 0.407 e. The zero-order valence-electron chi connectivity index (χ0n) is 8.03. The standard InChI is InChI=1S/C8H17NO3/c1-6(10)5-9(7(11)12)8(2,3)4/h6,10H,5H2,1-4H3,(H,11,12). The van der Waals surface area contributed by atoms with Gasteiger partial charge in [-0.15, -0.1) is 0 Å². The maximum absolute atomic E-state index is 10.7. The van der Waals surface area contributed by atoms with E-state index in [1.54, 1.807) is 27.7 Å². The van der Waals surface area contributed by atoms with E-state index in [0.717, 1.165) is 0 Å². The predicted octanol–water partition coefficient (Wildman–Crippen LogP) is 1.15. The summed E-state index contributed by atoms with van der Waals surface area (Å²) in [6.07, 6.45) is -1.62. The van der Waals surface area contributed by atoms with Crippen LogP contribution in [-0.4, -0.2) is 39.4 Å². The molecule has 0 bridgehead atoms. The summed E-state index contributed by atoms with van der Waals surface area (Å²) >= 11 is 0. The van der Waals surface area contributed by atoms with Gasteiger partial charge >= 0.3 is 6.09 Å². The number of aliphatic hydroxyl groups is 1. The monoisotopic (exact) mass is 175 g/mol. The molecule has 1 unspecified atom stereocenters. The van der Waals surface area contributed by atoms with Gasteiger partial charge in [0.25, 0.3) is 0 Å². The van der Waals surface area contributed by atoms with Crippen LogP contribution in [0.25, 0.3) is 0 Å². The Kier molecular flexibility index (Phi) is 3.52. The molecule has 0 rings (SSSR count). The zero-order valence-corrected chi connectivity index (χ0v) is 8.03. The van der Waals surface area contributed by atoms with Crippen LogP contribution in [0.4, 0.5) is 4.79 Å². The SMILES string of the molecule is CC(O)CN(C(=O)O)C(C)(C)C. The average Bonchev–Trinajstić information content (AvgIpc) is 1.79. The Morgan fingerprint density at radius 3 is 2.00 bits per heavy atom. The average molecular weight is 175 g/mol. The second-order valence-corrected chi connectivity index (χ2v) is 3.91. The quantitative estimate of drug-likeness (QED) is 0.661. The Balaban J connectivity index is 4.35. The zero-order chi connectivity index (χ0) is 9.94. The van der Waals surface area contributed by atoms with E-state index in [1.807, 2.05) is 0 Å². The minimum Gasteiger partial charge on any atom is -0.465 e. The molecule has 0 fully saturated rings. The molecule has 0 aromatic rings. The Hall–Kier alpha value is -0.770. The van der Waals surface area contributed by atoms with Gasteiger partial charge in [-0.25, -0.2) is 4.79 Å². The van der Waals surface area contributed by atoms with Crippen molar-refractivity contribution in [2.45, 2.75) is 39.3 Å². The minimum absolute atomic E-state index is 0.152. The number of nitrogens with zero attached hydrogens (tertiary/aromatic N) is 1. The summed E-state index contributed by atoms with van der Waals surface area (Å²) in [5, 5.41) is 17.8. The van der Waals surface area contributed by atoms with Crippen LogP contribution in [0.1, 0.15) is 27.7 Å². The van der Waals surface area contributed by atoms with E-state index >= 15 is 0 Å². The summed E-state index contributed by atoms with van der Waals surface area (Å²) in [7, 11) is 0. The second-order valence-electron chi connectivity index (χ2n) is 3.91. The third-order valence-electron chi connectivity index (χ3n) is 1.49. The van der Waals surface area contributed by atoms with Crippen molar-refractivity contribution >= 4 is 6.09 Å². The van der Waals surface area contributed by atoms with Gasteiger partial charge in [0.2, 0.25) is 0 Å². The molecule has 4 heteroatoms. The molecule has 0 spiro atoms. The molecule has 2 N–H and O–H groups in total. The molecular weight excluding hydrogens is 158 g/mol. The first-order valence-corrected chi connectivity index (χ1v) is 3.93. The topological polar surface area (TPSA) is 60.8 Å². The third-order valence-corrected chi connectivity index (χ3v) is 1.49. The van der Waals surface area contributed by atoms with Crippen molar-refractivity contribution in [3.8, 4) is 0 Å². The molecule has 12 heavy (non-hydrogen) atoms. The van der Waals surface area contributed by atoms with E-state index in [9.17, 15) is 4.79 Å². The lowest BCUT2D eigenvalue weighted by Gasteiger charge is -2.33. The van der Waals surface area contributed by atoms with Gasteiger partial charge in [-0.2, -0.15) is 0 Å². The van der Waals surface area contributed by atoms with E-state index in [2.05, 4.69) is 0 Å². The van der Waals surface area contributed by atoms with Gasteiger partial charge in [-0.05, 0) is 27.7 Å². The van der Waals surface area contributed by atoms with Crippen LogP contribution in [0.3, 0.4) is 0 Å². The van der Waals surface area contributed by atoms with Crippen LogP contribution < -0.4 is 0 Å². The van der Waals surface area contributed by atoms with Gasteiger partial charge in [-0.3, -0.25) is 0 Å². The molecule has 0 aliphatic rings. The molecule has 0 aromatic heterocycles. The van der Waals surface area contributed by atoms with Crippen molar-refractivity contribution in [1.29, 1.82) is 0 Å². The van der Waals surface area contributed by atoms with Gasteiger partial charge in [0.1, 0.15) is 0 Å². The fourth-order valence-corrected chi connectivity index (χ4v) is 0.903. The van der Waals surface area contributed by atoms with E-state index < -0.39 is 17.7 Å². The van der Waals surface area contributed by atoms with Crippen molar-refractivity contribution in [1.82, 2.24) is 4.90 Å². The number of β-amino-alcohol motifs (C(OH)–C–C–N with tert-alkyl or cyclic N) is 1. The summed E-state index contributed by atoms with van der Waals surface area (Å²) in [5.74, 6) is 0. The Labute approximate surface area is 72.8 Å². The molecule has 0 radical (unpaired) electrons. The normalized spacial score (nSPS) is 14.1. The molecule has 0 heterocycles. The first kappa shape index (κ1) is 11.2. The maximum atomic E-state index is 10.7. The number of hydrogen-bond donors (Lipinski definition) is 2. The van der Waals surface area contributed by atoms with Crippen molar-refractivity contribution in [3.05, 3.63) is 0 Å². The predicted molar refractivity (Wildman–Crippen MR) is 46.2 cm³/mol. The number of hydrogen-bond acceptors (Lipinski definition) is 2. The van der Waals surface area contributed by atoms with Crippen molar-refractivity contribution < 1.29 is 15.0 Å². The molecular formula is C8H17NO3. The molecule has 1 amide bonds. The highest BCUT2D eigenvalue weighted by Crippen LogP contribution is 2.13. The van der Waals surface area contributed by atoms with Crippen LogP contribution in [0, 0.1) is 0 Å². The van der Waals surface area contributed by atoms with Crippen LogP contribution in [0.5, 0.6) is 0 Å². The van der Waals surface area contributed by atoms with Gasteiger partial charge in [0.05, 0.1) is 12.6 Å². The largest absolute Gasteiger partial charge is 0.465 e. The minimum atomic E-state index is -0.997. The number of rotatable bonds is 2. The number of amides is 1. The lowest BCUT2D eigenvalue weighted by atomic mass is 10.1. The summed E-state index contributed by atoms with van der Waals surface area (Å²) in [6.45, 7) is 7.11. The van der Waals surface area contributed by atoms with E-state index in [0.29, 0.717) is 0 Å². The molecule has 1 atom stereocenters. The van der Waals surface area contributed by atoms with Gasteiger partial charge in [0.15, 0.2) is 0 Å². The highest BCUT2D eigenvalue weighted by atomic mass is 16.4. The molecule has 0 aromatic carbocycles. The summed E-state index contributed by atoms with van der Waals surface area (Å²) < 4.78 is 0. The Morgan fingerprint density at radius 2 is 1.92 bits per heavy atom. The number of aliphatic hydroxyl groups excluding tert-OH is 1. The Bertz CT molecular complexity index is 160. The Morgan fingerprint density at radius 1 is 1.50 bits per heavy atom. The first-order valence-electron chi connectivity index (χ1n) is 3.93. The van der Waals surface area contributed by atoms with Crippen molar-refractivity contribution in [2.24, 2.45) is 0 Å². The number of carboxylic acid groups (broad SMARTS) is 1. The summed E-state index contributed by atoms with van der Waals surface area (Å²) in [4.78, 5) is 11.9. The fraction of sp³-hybridized carbons (Fsp3) is 0.875. The van der Waals surface area contributed by atoms with Crippen LogP contribution >= 0.6 is 0 Å². The van der Waals surface area contributed by atoms with E-state index in [-0.39, 0.29) is 6.54 Å². The fourth-order valence-electron chi connectivity index (χ4n) is 0.903. The van der Waals surface area contributed by atoms with Crippen LogP contribution in [0.15, 0.2) is 0 Å². The summed E-state index contributed by atoms with van der Waals surface area (Å²) in [6, 6.07) is 0. The molecule has 0 aliphatic carbocycles. The molecule has 0 aliphatic heterocycles. The highest BCUT2D eigenvalue weighted by molar-refractivity contribution is 5.66. The lowest BCUT2D eigenvalue weighted by Crippen LogP contribution is -2.48. The molecule has 4 nitrogen and oxygen atoms in total. The van der Waals surface area contributed by atoms with Gasteiger partial charge < -0.3 is 15.1 Å². The lowest BCUT2D eigenvalue weighted by molar-refractivity contribution is 0.0621. The summed E-state index contributed by atoms with van der Waals surface area (Å²) in [5.41, 5.74) is -0.456. The molecule has 72 valence electrons. The smallest absolute Gasteiger partial charge is 0.407 e. The van der Waals surface area contributed by atoms with Crippen LogP contribution in [-0.2, 0) is 0 Å². The van der Waals surface area contributed by atoms with Crippen LogP contribution in [0.2, 0.25) is 0 Å². The first-order chi connectivity index (χ1) is 5.25. The highest BCUT2D eigenvalue weighted by Gasteiger charge is 2.26. The van der Waals surface area contributed by atoms with Gasteiger partial charge in [0, 0.05) is 5.54 Å². The van der Waals surface area contributed by atoms with E-state index in [1.165, 1.54) is 4.90 Å². The molecule has 0 saturated heterocycles. The van der Waals surface area contributed by atoms with Crippen molar-refractivity contribution in [3.63, 3.8) is 0 Å². The third kappa shape index (κ3) is 3.57. The second kappa shape index (κ2) is 3.76. The van der Waals surface area contributed by atoms with Crippen molar-refractivity contribution in [2.75, 3.05) is 6.54 Å². The molecule has 0 saturated carbocycles. The number of carbonyl (C=O) groups is 1.